The van der Waals surface area contributed by atoms with E-state index in [2.05, 4.69) is 0 Å². The molecule has 15 heteroatoms. The monoisotopic (exact) mass is 522 g/mol. The fourth-order valence-electron chi connectivity index (χ4n) is 3.24. The first-order chi connectivity index (χ1) is 15.7. The average Bonchev–Trinajstić information content (AvgIpc) is 2.81. The lowest BCUT2D eigenvalue weighted by molar-refractivity contribution is 0.384. The van der Waals surface area contributed by atoms with Crippen LogP contribution >= 0.6 is 9.24 Å². The minimum atomic E-state index is -3.57. The molecule has 180 valence electrons. The molecule has 0 saturated heterocycles. The fraction of sp³-hybridized carbons (Fsp3) is 0.0526. The van der Waals surface area contributed by atoms with Crippen molar-refractivity contribution < 1.29 is 57.1 Å². The summed E-state index contributed by atoms with van der Waals surface area (Å²) in [4.78, 5) is 0. The summed E-state index contributed by atoms with van der Waals surface area (Å²) in [6.45, 7) is -3.09. The van der Waals surface area contributed by atoms with Crippen LogP contribution in [0.3, 0.4) is 0 Å². The van der Waals surface area contributed by atoms with Gasteiger partial charge in [0.05, 0.1) is 0 Å². The van der Waals surface area contributed by atoms with Crippen LogP contribution in [0.2, 0.25) is 0 Å². The third-order valence-corrected chi connectivity index (χ3v) is 5.46. The summed E-state index contributed by atoms with van der Waals surface area (Å²) in [5, 5.41) is -1.53. The van der Waals surface area contributed by atoms with E-state index in [1.54, 1.807) is 0 Å². The van der Waals surface area contributed by atoms with Gasteiger partial charge in [0.25, 0.3) is 6.71 Å². The van der Waals surface area contributed by atoms with Gasteiger partial charge >= 0.3 is 0 Å². The minimum Gasteiger partial charge on any atom is -0.207 e. The highest BCUT2D eigenvalue weighted by Crippen LogP contribution is 2.22. The molecular weight excluding hydrogens is 517 g/mol. The summed E-state index contributed by atoms with van der Waals surface area (Å²) >= 11 is 0. The Bertz CT molecular complexity index is 1120. The summed E-state index contributed by atoms with van der Waals surface area (Å²) in [6.07, 6.45) is 0. The van der Waals surface area contributed by atoms with Crippen LogP contribution in [0.1, 0.15) is 5.56 Å². The minimum absolute atomic E-state index is 0.480. The summed E-state index contributed by atoms with van der Waals surface area (Å²) < 4.78 is 185. The van der Waals surface area contributed by atoms with E-state index in [0.29, 0.717) is 6.92 Å². The molecule has 3 aromatic carbocycles. The first kappa shape index (κ1) is 25.9. The Labute approximate surface area is 183 Å². The summed E-state index contributed by atoms with van der Waals surface area (Å²) in [7, 11) is 1.17. The first-order valence-corrected chi connectivity index (χ1v) is 9.19. The number of benzene rings is 3. The largest absolute Gasteiger partial charge is 0.264 e. The van der Waals surface area contributed by atoms with Crippen molar-refractivity contribution in [2.45, 2.75) is 6.92 Å². The van der Waals surface area contributed by atoms with E-state index in [1.165, 1.54) is 9.24 Å². The maximum Gasteiger partial charge on any atom is 0.264 e. The number of hydrogen-bond acceptors (Lipinski definition) is 0. The summed E-state index contributed by atoms with van der Waals surface area (Å²) in [6, 6.07) is 0. The molecule has 0 fully saturated rings. The predicted octanol–water partition coefficient (Wildman–Crippen LogP) is 3.82. The molecule has 0 bridgehead atoms. The van der Waals surface area contributed by atoms with E-state index in [0.717, 1.165) is 0 Å². The van der Waals surface area contributed by atoms with Crippen LogP contribution in [0.5, 0.6) is 0 Å². The lowest BCUT2D eigenvalue weighted by Gasteiger charge is -2.22. The van der Waals surface area contributed by atoms with Crippen molar-refractivity contribution in [1.29, 1.82) is 0 Å². The second kappa shape index (κ2) is 8.79. The summed E-state index contributed by atoms with van der Waals surface area (Å²) in [5.74, 6) is -33.7. The highest BCUT2D eigenvalue weighted by Gasteiger charge is 2.44. The van der Waals surface area contributed by atoms with Gasteiger partial charge in [-0.1, -0.05) is 9.24 Å². The average molecular weight is 522 g/mol. The molecule has 3 rings (SSSR count). The Morgan fingerprint density at radius 2 is 0.647 bits per heavy atom. The molecule has 1 atom stereocenters. The maximum atomic E-state index is 14.8. The number of hydrogen-bond donors (Lipinski definition) is 0. The van der Waals surface area contributed by atoms with Crippen LogP contribution in [-0.2, 0) is 0 Å². The van der Waals surface area contributed by atoms with Crippen molar-refractivity contribution in [3.05, 3.63) is 81.2 Å². The predicted molar refractivity (Wildman–Crippen MR) is 97.5 cm³/mol. The van der Waals surface area contributed by atoms with Gasteiger partial charge in [0.15, 0.2) is 69.8 Å². The van der Waals surface area contributed by atoms with Crippen LogP contribution in [-0.4, -0.2) is 6.71 Å². The molecule has 0 aliphatic carbocycles. The zero-order chi connectivity index (χ0) is 26.0. The molecule has 3 aromatic rings. The maximum absolute atomic E-state index is 14.8. The summed E-state index contributed by atoms with van der Waals surface area (Å²) in [5.41, 5.74) is -8.25. The molecule has 1 unspecified atom stereocenters. The van der Waals surface area contributed by atoms with E-state index in [9.17, 15) is 57.1 Å². The molecule has 0 nitrogen and oxygen atoms in total. The second-order valence-corrected chi connectivity index (χ2v) is 7.37. The molecular formula is C19H5BF13P. The Morgan fingerprint density at radius 3 is 1.03 bits per heavy atom. The third-order valence-electron chi connectivity index (χ3n) is 4.96. The van der Waals surface area contributed by atoms with Gasteiger partial charge in [0, 0.05) is 27.3 Å². The lowest BCUT2D eigenvalue weighted by Crippen LogP contribution is -2.61. The highest BCUT2D eigenvalue weighted by molar-refractivity contribution is 7.27. The van der Waals surface area contributed by atoms with Crippen molar-refractivity contribution in [3.8, 4) is 0 Å². The van der Waals surface area contributed by atoms with Gasteiger partial charge in [-0.05, 0) is 6.92 Å². The van der Waals surface area contributed by atoms with Gasteiger partial charge in [-0.15, -0.1) is 0 Å². The normalized spacial score (nSPS) is 11.4. The topological polar surface area (TPSA) is 0 Å². The van der Waals surface area contributed by atoms with Crippen molar-refractivity contribution in [3.63, 3.8) is 0 Å². The number of halogens is 13. The van der Waals surface area contributed by atoms with Crippen LogP contribution in [0.15, 0.2) is 0 Å². The van der Waals surface area contributed by atoms with Crippen LogP contribution in [0, 0.1) is 82.5 Å². The highest BCUT2D eigenvalue weighted by atomic mass is 31.0. The third kappa shape index (κ3) is 3.53. The fourth-order valence-corrected chi connectivity index (χ4v) is 3.53. The Morgan fingerprint density at radius 1 is 0.382 bits per heavy atom. The Balaban J connectivity index is 2.68. The first-order valence-electron chi connectivity index (χ1n) is 8.61. The van der Waals surface area contributed by atoms with E-state index < -0.39 is 110 Å². The molecule has 0 spiro atoms. The van der Waals surface area contributed by atoms with Gasteiger partial charge in [-0.3, -0.25) is 0 Å². The van der Waals surface area contributed by atoms with Gasteiger partial charge in [-0.25, -0.2) is 57.1 Å². The molecule has 0 amide bonds. The second-order valence-electron chi connectivity index (χ2n) is 6.79. The van der Waals surface area contributed by atoms with E-state index in [4.69, 9.17) is 0 Å². The molecule has 0 aliphatic heterocycles. The van der Waals surface area contributed by atoms with Gasteiger partial charge in [-0.2, -0.15) is 0 Å². The smallest absolute Gasteiger partial charge is 0.207 e. The molecule has 0 radical (unpaired) electrons. The number of rotatable bonds is 3. The van der Waals surface area contributed by atoms with Crippen LogP contribution < -0.4 is 21.7 Å². The zero-order valence-electron chi connectivity index (χ0n) is 16.1. The quantitative estimate of drug-likeness (QED) is 0.162. The Kier molecular flexibility index (Phi) is 6.69. The van der Waals surface area contributed by atoms with Crippen molar-refractivity contribution in [2.24, 2.45) is 0 Å². The van der Waals surface area contributed by atoms with Crippen molar-refractivity contribution in [2.75, 3.05) is 0 Å². The van der Waals surface area contributed by atoms with E-state index in [1.807, 2.05) is 0 Å². The SMILES string of the molecule is Cc1c(F)c(F)c(B(c2c(F)c(F)c(F)c(F)c2F)c2c(F)c(F)c(F)c(P)c2F)c(F)c1F. The van der Waals surface area contributed by atoms with Crippen LogP contribution in [0.25, 0.3) is 0 Å². The molecule has 0 aliphatic rings. The van der Waals surface area contributed by atoms with Crippen molar-refractivity contribution >= 4 is 37.6 Å². The van der Waals surface area contributed by atoms with E-state index in [-0.39, 0.29) is 0 Å². The Hall–Kier alpha value is -2.76. The molecule has 0 saturated carbocycles. The molecule has 34 heavy (non-hydrogen) atoms. The zero-order valence-corrected chi connectivity index (χ0v) is 17.2. The van der Waals surface area contributed by atoms with Crippen LogP contribution in [0.4, 0.5) is 57.1 Å². The standard InChI is InChI=1S/C19H5BF13P/c1-2-6(21)8(23)3(9(24)7(2)22)20(4-10(25)14(29)17(32)15(30)11(4)26)5-12(27)16(31)18(33)19(34)13(5)28/h34H2,1H3. The molecule has 0 N–H and O–H groups in total. The van der Waals surface area contributed by atoms with Gasteiger partial charge in [0.2, 0.25) is 0 Å². The molecule has 0 aromatic heterocycles. The van der Waals surface area contributed by atoms with Crippen molar-refractivity contribution in [1.82, 2.24) is 0 Å². The van der Waals surface area contributed by atoms with E-state index >= 15 is 0 Å². The lowest BCUT2D eigenvalue weighted by atomic mass is 9.36. The molecule has 0 heterocycles. The van der Waals surface area contributed by atoms with Gasteiger partial charge in [0.1, 0.15) is 5.82 Å². The van der Waals surface area contributed by atoms with Gasteiger partial charge < -0.3 is 0 Å².